The van der Waals surface area contributed by atoms with Crippen molar-refractivity contribution in [2.45, 2.75) is 52.8 Å². The Morgan fingerprint density at radius 1 is 1.35 bits per heavy atom. The molecule has 1 aliphatic heterocycles. The third-order valence-electron chi connectivity index (χ3n) is 4.06. The average molecular weight is 430 g/mol. The van der Waals surface area contributed by atoms with E-state index in [1.54, 1.807) is 0 Å². The second-order valence-corrected chi connectivity index (χ2v) is 8.37. The summed E-state index contributed by atoms with van der Waals surface area (Å²) < 4.78 is 6.82. The van der Waals surface area contributed by atoms with Gasteiger partial charge in [0.05, 0.1) is 0 Å². The van der Waals surface area contributed by atoms with Crippen molar-refractivity contribution in [3.8, 4) is 0 Å². The summed E-state index contributed by atoms with van der Waals surface area (Å²) in [6, 6.07) is 6.79. The van der Waals surface area contributed by atoms with Crippen LogP contribution in [0.1, 0.15) is 38.8 Å². The monoisotopic (exact) mass is 430 g/mol. The first kappa shape index (κ1) is 18.5. The second-order valence-electron chi connectivity index (χ2n) is 7.29. The molecule has 0 aromatic heterocycles. The molecule has 2 rings (SSSR count). The molecule has 128 valence electrons. The van der Waals surface area contributed by atoms with Crippen LogP contribution >= 0.6 is 22.6 Å². The van der Waals surface area contributed by atoms with E-state index < -0.39 is 5.60 Å². The van der Waals surface area contributed by atoms with Gasteiger partial charge in [0.2, 0.25) is 0 Å². The summed E-state index contributed by atoms with van der Waals surface area (Å²) in [7, 11) is 0. The van der Waals surface area contributed by atoms with E-state index in [1.807, 2.05) is 25.7 Å². The number of amides is 1. The SMILES string of the molecule is Cc1cccc(CN2CCN(C(=O)OC(C)(C)C)CC2C)c1I. The predicted octanol–water partition coefficient (Wildman–Crippen LogP) is 4.04. The van der Waals surface area contributed by atoms with Crippen LogP contribution in [0.3, 0.4) is 0 Å². The third-order valence-corrected chi connectivity index (χ3v) is 5.61. The van der Waals surface area contributed by atoms with Crippen LogP contribution in [0.25, 0.3) is 0 Å². The molecule has 1 aromatic rings. The van der Waals surface area contributed by atoms with Gasteiger partial charge < -0.3 is 9.64 Å². The Balaban J connectivity index is 1.96. The molecular formula is C18H27IN2O2. The molecule has 0 N–H and O–H groups in total. The van der Waals surface area contributed by atoms with E-state index in [2.05, 4.69) is 59.5 Å². The molecule has 0 bridgehead atoms. The van der Waals surface area contributed by atoms with Crippen molar-refractivity contribution in [2.75, 3.05) is 19.6 Å². The molecule has 1 aromatic carbocycles. The van der Waals surface area contributed by atoms with Gasteiger partial charge >= 0.3 is 6.09 Å². The molecule has 1 unspecified atom stereocenters. The molecule has 1 saturated heterocycles. The third kappa shape index (κ3) is 5.08. The maximum absolute atomic E-state index is 12.2. The number of nitrogens with zero attached hydrogens (tertiary/aromatic N) is 2. The topological polar surface area (TPSA) is 32.8 Å². The number of rotatable bonds is 2. The fraction of sp³-hybridized carbons (Fsp3) is 0.611. The van der Waals surface area contributed by atoms with Crippen LogP contribution in [0.5, 0.6) is 0 Å². The van der Waals surface area contributed by atoms with Gasteiger partial charge in [0.1, 0.15) is 5.60 Å². The number of carbonyl (C=O) groups excluding carboxylic acids is 1. The Morgan fingerprint density at radius 2 is 2.04 bits per heavy atom. The highest BCUT2D eigenvalue weighted by Crippen LogP contribution is 2.21. The van der Waals surface area contributed by atoms with Crippen molar-refractivity contribution < 1.29 is 9.53 Å². The van der Waals surface area contributed by atoms with Crippen LogP contribution in [-0.4, -0.2) is 47.2 Å². The zero-order chi connectivity index (χ0) is 17.2. The molecule has 5 heteroatoms. The summed E-state index contributed by atoms with van der Waals surface area (Å²) in [6.45, 7) is 13.3. The number of benzene rings is 1. The molecule has 0 aliphatic carbocycles. The normalized spacial score (nSPS) is 19.7. The van der Waals surface area contributed by atoms with Gasteiger partial charge in [0.25, 0.3) is 0 Å². The summed E-state index contributed by atoms with van der Waals surface area (Å²) in [5.41, 5.74) is 2.25. The quantitative estimate of drug-likeness (QED) is 0.664. The Hall–Kier alpha value is -0.820. The number of hydrogen-bond donors (Lipinski definition) is 0. The second kappa shape index (κ2) is 7.38. The summed E-state index contributed by atoms with van der Waals surface area (Å²) >= 11 is 2.43. The lowest BCUT2D eigenvalue weighted by atomic mass is 10.1. The molecule has 0 radical (unpaired) electrons. The lowest BCUT2D eigenvalue weighted by Crippen LogP contribution is -2.54. The molecule has 23 heavy (non-hydrogen) atoms. The Labute approximate surface area is 153 Å². The van der Waals surface area contributed by atoms with E-state index >= 15 is 0 Å². The van der Waals surface area contributed by atoms with Gasteiger partial charge in [-0.25, -0.2) is 4.79 Å². The van der Waals surface area contributed by atoms with E-state index in [1.165, 1.54) is 14.7 Å². The van der Waals surface area contributed by atoms with Crippen molar-refractivity contribution in [3.05, 3.63) is 32.9 Å². The maximum atomic E-state index is 12.2. The van der Waals surface area contributed by atoms with Gasteiger partial charge in [0.15, 0.2) is 0 Å². The van der Waals surface area contributed by atoms with Gasteiger partial charge in [-0.1, -0.05) is 18.2 Å². The molecule has 1 atom stereocenters. The van der Waals surface area contributed by atoms with Crippen molar-refractivity contribution in [1.82, 2.24) is 9.80 Å². The minimum Gasteiger partial charge on any atom is -0.444 e. The van der Waals surface area contributed by atoms with E-state index in [-0.39, 0.29) is 6.09 Å². The summed E-state index contributed by atoms with van der Waals surface area (Å²) in [5, 5.41) is 0. The smallest absolute Gasteiger partial charge is 0.410 e. The van der Waals surface area contributed by atoms with Crippen LogP contribution in [0.2, 0.25) is 0 Å². The molecule has 1 amide bonds. The number of hydrogen-bond acceptors (Lipinski definition) is 3. The summed E-state index contributed by atoms with van der Waals surface area (Å²) in [4.78, 5) is 16.5. The Kier molecular flexibility index (Phi) is 5.94. The number of carbonyl (C=O) groups is 1. The van der Waals surface area contributed by atoms with Crippen molar-refractivity contribution >= 4 is 28.7 Å². The van der Waals surface area contributed by atoms with Gasteiger partial charge in [-0.15, -0.1) is 0 Å². The molecule has 4 nitrogen and oxygen atoms in total. The first-order chi connectivity index (χ1) is 10.7. The largest absolute Gasteiger partial charge is 0.444 e. The fourth-order valence-electron chi connectivity index (χ4n) is 2.77. The lowest BCUT2D eigenvalue weighted by Gasteiger charge is -2.40. The van der Waals surface area contributed by atoms with Gasteiger partial charge in [0, 0.05) is 35.8 Å². The highest BCUT2D eigenvalue weighted by atomic mass is 127. The van der Waals surface area contributed by atoms with Crippen LogP contribution in [0, 0.1) is 10.5 Å². The number of aryl methyl sites for hydroxylation is 1. The standard InChI is InChI=1S/C18H27IN2O2/c1-13-7-6-8-15(16(13)19)12-20-9-10-21(11-14(20)2)17(22)23-18(3,4)5/h6-8,14H,9-12H2,1-5H3. The zero-order valence-corrected chi connectivity index (χ0v) is 16.9. The van der Waals surface area contributed by atoms with Gasteiger partial charge in [-0.2, -0.15) is 0 Å². The highest BCUT2D eigenvalue weighted by Gasteiger charge is 2.29. The fourth-order valence-corrected chi connectivity index (χ4v) is 3.30. The van der Waals surface area contributed by atoms with Crippen molar-refractivity contribution in [2.24, 2.45) is 0 Å². The van der Waals surface area contributed by atoms with Gasteiger partial charge in [-0.05, 0) is 68.3 Å². The summed E-state index contributed by atoms with van der Waals surface area (Å²) in [5.74, 6) is 0. The van der Waals surface area contributed by atoms with Gasteiger partial charge in [-0.3, -0.25) is 4.90 Å². The van der Waals surface area contributed by atoms with E-state index in [4.69, 9.17) is 4.74 Å². The molecular weight excluding hydrogens is 403 g/mol. The van der Waals surface area contributed by atoms with Crippen LogP contribution < -0.4 is 0 Å². The van der Waals surface area contributed by atoms with Crippen LogP contribution in [0.4, 0.5) is 4.79 Å². The lowest BCUT2D eigenvalue weighted by molar-refractivity contribution is 0.00458. The Bertz CT molecular complexity index is 569. The average Bonchev–Trinajstić information content (AvgIpc) is 2.44. The minimum atomic E-state index is -0.435. The Morgan fingerprint density at radius 3 is 2.65 bits per heavy atom. The number of halogens is 1. The van der Waals surface area contributed by atoms with Crippen molar-refractivity contribution in [3.63, 3.8) is 0 Å². The maximum Gasteiger partial charge on any atom is 0.410 e. The molecule has 1 fully saturated rings. The first-order valence-corrected chi connectivity index (χ1v) is 9.21. The zero-order valence-electron chi connectivity index (χ0n) is 14.7. The van der Waals surface area contributed by atoms with Crippen molar-refractivity contribution in [1.29, 1.82) is 0 Å². The first-order valence-electron chi connectivity index (χ1n) is 8.13. The van der Waals surface area contributed by atoms with Crippen LogP contribution in [-0.2, 0) is 11.3 Å². The molecule has 0 spiro atoms. The summed E-state index contributed by atoms with van der Waals surface area (Å²) in [6.07, 6.45) is -0.200. The van der Waals surface area contributed by atoms with E-state index in [9.17, 15) is 4.79 Å². The highest BCUT2D eigenvalue weighted by molar-refractivity contribution is 14.1. The molecule has 1 aliphatic rings. The molecule has 0 saturated carbocycles. The number of ether oxygens (including phenoxy) is 1. The minimum absolute atomic E-state index is 0.200. The van der Waals surface area contributed by atoms with E-state index in [0.717, 1.165) is 26.2 Å². The van der Waals surface area contributed by atoms with E-state index in [0.29, 0.717) is 6.04 Å². The molecule has 1 heterocycles. The van der Waals surface area contributed by atoms with Crippen LogP contribution in [0.15, 0.2) is 18.2 Å². The predicted molar refractivity (Wildman–Crippen MR) is 102 cm³/mol. The number of piperazine rings is 1.